The molecule has 20 heavy (non-hydrogen) atoms. The Bertz CT molecular complexity index is 427. The SMILES string of the molecule is Cc1ccc(C(C)NCC(C)N2CCCCC2)c(O)c1. The highest BCUT2D eigenvalue weighted by atomic mass is 16.3. The predicted octanol–water partition coefficient (Wildman–Crippen LogP) is 3.23. The van der Waals surface area contributed by atoms with Crippen LogP contribution < -0.4 is 5.32 Å². The normalized spacial score (nSPS) is 19.8. The van der Waals surface area contributed by atoms with Crippen LogP contribution in [0.5, 0.6) is 5.75 Å². The zero-order valence-electron chi connectivity index (χ0n) is 13.0. The van der Waals surface area contributed by atoms with Crippen molar-refractivity contribution in [3.05, 3.63) is 29.3 Å². The van der Waals surface area contributed by atoms with Gasteiger partial charge in [-0.25, -0.2) is 0 Å². The molecule has 1 heterocycles. The first-order valence-corrected chi connectivity index (χ1v) is 7.85. The van der Waals surface area contributed by atoms with Crippen molar-refractivity contribution < 1.29 is 5.11 Å². The Morgan fingerprint density at radius 1 is 1.20 bits per heavy atom. The maximum absolute atomic E-state index is 10.0. The Morgan fingerprint density at radius 2 is 1.90 bits per heavy atom. The molecule has 1 fully saturated rings. The van der Waals surface area contributed by atoms with Crippen LogP contribution in [0.15, 0.2) is 18.2 Å². The van der Waals surface area contributed by atoms with Crippen molar-refractivity contribution in [2.24, 2.45) is 0 Å². The number of likely N-dealkylation sites (tertiary alicyclic amines) is 1. The van der Waals surface area contributed by atoms with Gasteiger partial charge in [0.05, 0.1) is 0 Å². The third-order valence-electron chi connectivity index (χ3n) is 4.39. The second kappa shape index (κ2) is 7.09. The van der Waals surface area contributed by atoms with E-state index < -0.39 is 0 Å². The van der Waals surface area contributed by atoms with Crippen LogP contribution in [0.3, 0.4) is 0 Å². The van der Waals surface area contributed by atoms with Crippen molar-refractivity contribution >= 4 is 0 Å². The predicted molar refractivity (Wildman–Crippen MR) is 84.1 cm³/mol. The number of benzene rings is 1. The van der Waals surface area contributed by atoms with Gasteiger partial charge in [-0.3, -0.25) is 4.90 Å². The first-order valence-electron chi connectivity index (χ1n) is 7.85. The number of phenolic OH excluding ortho intramolecular Hbond substituents is 1. The minimum absolute atomic E-state index is 0.183. The molecule has 1 aliphatic heterocycles. The molecule has 1 aromatic rings. The first kappa shape index (κ1) is 15.3. The van der Waals surface area contributed by atoms with Gasteiger partial charge in [-0.2, -0.15) is 0 Å². The van der Waals surface area contributed by atoms with Crippen LogP contribution in [0.1, 0.15) is 50.3 Å². The van der Waals surface area contributed by atoms with E-state index >= 15 is 0 Å². The van der Waals surface area contributed by atoms with Gasteiger partial charge in [0.25, 0.3) is 0 Å². The van der Waals surface area contributed by atoms with E-state index in [1.54, 1.807) is 0 Å². The van der Waals surface area contributed by atoms with Gasteiger partial charge < -0.3 is 10.4 Å². The molecule has 0 saturated carbocycles. The molecule has 1 saturated heterocycles. The van der Waals surface area contributed by atoms with E-state index in [1.165, 1.54) is 32.4 Å². The Morgan fingerprint density at radius 3 is 2.55 bits per heavy atom. The summed E-state index contributed by atoms with van der Waals surface area (Å²) in [5, 5.41) is 13.6. The quantitative estimate of drug-likeness (QED) is 0.866. The molecule has 0 spiro atoms. The summed E-state index contributed by atoms with van der Waals surface area (Å²) < 4.78 is 0. The van der Waals surface area contributed by atoms with Crippen molar-refractivity contribution in [2.75, 3.05) is 19.6 Å². The fourth-order valence-corrected chi connectivity index (χ4v) is 2.97. The molecule has 0 radical (unpaired) electrons. The van der Waals surface area contributed by atoms with E-state index in [0.29, 0.717) is 11.8 Å². The zero-order chi connectivity index (χ0) is 14.5. The van der Waals surface area contributed by atoms with Gasteiger partial charge in [0, 0.05) is 24.2 Å². The van der Waals surface area contributed by atoms with Crippen LogP contribution in [0, 0.1) is 6.92 Å². The molecule has 112 valence electrons. The van der Waals surface area contributed by atoms with E-state index in [9.17, 15) is 5.11 Å². The van der Waals surface area contributed by atoms with E-state index in [-0.39, 0.29) is 6.04 Å². The second-order valence-corrected chi connectivity index (χ2v) is 6.14. The lowest BCUT2D eigenvalue weighted by Gasteiger charge is -2.33. The fraction of sp³-hybridized carbons (Fsp3) is 0.647. The summed E-state index contributed by atoms with van der Waals surface area (Å²) in [5.41, 5.74) is 2.08. The molecule has 3 heteroatoms. The molecular weight excluding hydrogens is 248 g/mol. The lowest BCUT2D eigenvalue weighted by atomic mass is 10.0. The number of aryl methyl sites for hydroxylation is 1. The maximum atomic E-state index is 10.0. The van der Waals surface area contributed by atoms with Crippen molar-refractivity contribution in [3.8, 4) is 5.75 Å². The second-order valence-electron chi connectivity index (χ2n) is 6.14. The van der Waals surface area contributed by atoms with Crippen molar-refractivity contribution in [1.29, 1.82) is 0 Å². The van der Waals surface area contributed by atoms with Gasteiger partial charge in [-0.05, 0) is 58.3 Å². The van der Waals surface area contributed by atoms with Gasteiger partial charge in [-0.15, -0.1) is 0 Å². The van der Waals surface area contributed by atoms with E-state index in [1.807, 2.05) is 19.1 Å². The number of phenols is 1. The van der Waals surface area contributed by atoms with Crippen LogP contribution in [-0.4, -0.2) is 35.7 Å². The third kappa shape index (κ3) is 3.97. The van der Waals surface area contributed by atoms with E-state index in [0.717, 1.165) is 17.7 Å². The smallest absolute Gasteiger partial charge is 0.120 e. The van der Waals surface area contributed by atoms with Crippen LogP contribution in [0.25, 0.3) is 0 Å². The van der Waals surface area contributed by atoms with Gasteiger partial charge in [0.15, 0.2) is 0 Å². The van der Waals surface area contributed by atoms with Gasteiger partial charge in [-0.1, -0.05) is 18.6 Å². The molecule has 3 nitrogen and oxygen atoms in total. The zero-order valence-corrected chi connectivity index (χ0v) is 13.0. The Labute approximate surface area is 123 Å². The number of nitrogens with one attached hydrogen (secondary N) is 1. The average Bonchev–Trinajstić information content (AvgIpc) is 2.45. The molecule has 1 aromatic carbocycles. The highest BCUT2D eigenvalue weighted by molar-refractivity contribution is 5.37. The molecule has 2 rings (SSSR count). The molecule has 0 aromatic heterocycles. The largest absolute Gasteiger partial charge is 0.508 e. The molecule has 0 amide bonds. The van der Waals surface area contributed by atoms with Crippen molar-refractivity contribution in [3.63, 3.8) is 0 Å². The third-order valence-corrected chi connectivity index (χ3v) is 4.39. The lowest BCUT2D eigenvalue weighted by molar-refractivity contribution is 0.168. The Hall–Kier alpha value is -1.06. The Kier molecular flexibility index (Phi) is 5.44. The van der Waals surface area contributed by atoms with Crippen LogP contribution in [0.4, 0.5) is 0 Å². The first-order chi connectivity index (χ1) is 9.58. The number of nitrogens with zero attached hydrogens (tertiary/aromatic N) is 1. The molecular formula is C17H28N2O. The average molecular weight is 276 g/mol. The molecule has 1 aliphatic rings. The minimum Gasteiger partial charge on any atom is -0.508 e. The van der Waals surface area contributed by atoms with Gasteiger partial charge in [0.2, 0.25) is 0 Å². The van der Waals surface area contributed by atoms with Crippen LogP contribution in [0.2, 0.25) is 0 Å². The summed E-state index contributed by atoms with van der Waals surface area (Å²) in [5.74, 6) is 0.399. The number of aromatic hydroxyl groups is 1. The molecule has 0 bridgehead atoms. The van der Waals surface area contributed by atoms with E-state index in [4.69, 9.17) is 0 Å². The molecule has 2 unspecified atom stereocenters. The summed E-state index contributed by atoms with van der Waals surface area (Å²) in [7, 11) is 0. The highest BCUT2D eigenvalue weighted by Gasteiger charge is 2.18. The summed E-state index contributed by atoms with van der Waals surface area (Å²) in [4.78, 5) is 2.57. The van der Waals surface area contributed by atoms with Crippen molar-refractivity contribution in [2.45, 2.75) is 52.1 Å². The number of hydrogen-bond acceptors (Lipinski definition) is 3. The topological polar surface area (TPSA) is 35.5 Å². The van der Waals surface area contributed by atoms with Crippen LogP contribution in [-0.2, 0) is 0 Å². The standard InChI is InChI=1S/C17H28N2O/c1-13-7-8-16(17(20)11-13)15(3)18-12-14(2)19-9-5-4-6-10-19/h7-8,11,14-15,18,20H,4-6,9-10,12H2,1-3H3. The van der Waals surface area contributed by atoms with Gasteiger partial charge in [0.1, 0.15) is 5.75 Å². The summed E-state index contributed by atoms with van der Waals surface area (Å²) in [6, 6.07) is 6.66. The Balaban J connectivity index is 1.86. The monoisotopic (exact) mass is 276 g/mol. The summed E-state index contributed by atoms with van der Waals surface area (Å²) in [6.07, 6.45) is 4.04. The number of rotatable bonds is 5. The molecule has 2 atom stereocenters. The highest BCUT2D eigenvalue weighted by Crippen LogP contribution is 2.25. The van der Waals surface area contributed by atoms with Crippen LogP contribution >= 0.6 is 0 Å². The summed E-state index contributed by atoms with van der Waals surface area (Å²) >= 11 is 0. The van der Waals surface area contributed by atoms with E-state index in [2.05, 4.69) is 30.1 Å². The van der Waals surface area contributed by atoms with Gasteiger partial charge >= 0.3 is 0 Å². The maximum Gasteiger partial charge on any atom is 0.120 e. The number of piperidine rings is 1. The minimum atomic E-state index is 0.183. The molecule has 2 N–H and O–H groups in total. The summed E-state index contributed by atoms with van der Waals surface area (Å²) in [6.45, 7) is 9.84. The molecule has 0 aliphatic carbocycles. The van der Waals surface area contributed by atoms with Crippen molar-refractivity contribution in [1.82, 2.24) is 10.2 Å². The number of hydrogen-bond donors (Lipinski definition) is 2. The lowest BCUT2D eigenvalue weighted by Crippen LogP contribution is -2.43. The fourth-order valence-electron chi connectivity index (χ4n) is 2.97.